The third-order valence-corrected chi connectivity index (χ3v) is 3.19. The lowest BCUT2D eigenvalue weighted by Gasteiger charge is -2.27. The molecule has 4 heteroatoms. The summed E-state index contributed by atoms with van der Waals surface area (Å²) in [6, 6.07) is 10.5. The number of aliphatic hydroxyl groups excluding tert-OH is 1. The normalized spacial score (nSPS) is 12.2. The molecule has 0 saturated heterocycles. The van der Waals surface area contributed by atoms with E-state index in [4.69, 9.17) is 0 Å². The molecule has 0 bridgehead atoms. The molecule has 0 aromatic heterocycles. The second-order valence-electron chi connectivity index (χ2n) is 4.57. The number of nitrogens with zero attached hydrogens (tertiary/aromatic N) is 1. The summed E-state index contributed by atoms with van der Waals surface area (Å²) >= 11 is 0. The highest BCUT2D eigenvalue weighted by Gasteiger charge is 2.19. The second kappa shape index (κ2) is 6.01. The van der Waals surface area contributed by atoms with Gasteiger partial charge in [-0.05, 0) is 44.2 Å². The highest BCUT2D eigenvalue weighted by Crippen LogP contribution is 2.34. The Morgan fingerprint density at radius 1 is 1.10 bits per heavy atom. The Balaban J connectivity index is 2.54. The van der Waals surface area contributed by atoms with Crippen LogP contribution in [0.5, 0.6) is 0 Å². The average Bonchev–Trinajstić information content (AvgIpc) is 2.43. The largest absolute Gasteiger partial charge is 0.389 e. The van der Waals surface area contributed by atoms with Gasteiger partial charge >= 0.3 is 0 Å². The van der Waals surface area contributed by atoms with Crippen molar-refractivity contribution in [3.63, 3.8) is 0 Å². The summed E-state index contributed by atoms with van der Waals surface area (Å²) < 4.78 is 27.2. The van der Waals surface area contributed by atoms with Gasteiger partial charge in [0.2, 0.25) is 0 Å². The van der Waals surface area contributed by atoms with E-state index in [0.717, 1.165) is 0 Å². The fourth-order valence-electron chi connectivity index (χ4n) is 2.24. The smallest absolute Gasteiger partial charge is 0.147 e. The molecule has 1 atom stereocenters. The molecule has 1 N–H and O–H groups in total. The molecule has 0 aliphatic heterocycles. The summed E-state index contributed by atoms with van der Waals surface area (Å²) in [4.78, 5) is 1.72. The second-order valence-corrected chi connectivity index (χ2v) is 4.57. The van der Waals surface area contributed by atoms with Crippen LogP contribution < -0.4 is 4.90 Å². The van der Waals surface area contributed by atoms with Crippen LogP contribution in [0.2, 0.25) is 0 Å². The van der Waals surface area contributed by atoms with Crippen molar-refractivity contribution in [2.45, 2.75) is 20.0 Å². The topological polar surface area (TPSA) is 23.5 Å². The number of hydrogen-bond acceptors (Lipinski definition) is 2. The molecule has 0 amide bonds. The molecule has 0 aliphatic rings. The van der Waals surface area contributed by atoms with Crippen LogP contribution in [-0.4, -0.2) is 11.7 Å². The summed E-state index contributed by atoms with van der Waals surface area (Å²) in [6.07, 6.45) is -0.782. The maximum atomic E-state index is 14.2. The van der Waals surface area contributed by atoms with Gasteiger partial charge in [0, 0.05) is 17.8 Å². The van der Waals surface area contributed by atoms with Crippen LogP contribution >= 0.6 is 0 Å². The fraction of sp³-hybridized carbons (Fsp3) is 0.250. The fourth-order valence-corrected chi connectivity index (χ4v) is 2.24. The average molecular weight is 277 g/mol. The van der Waals surface area contributed by atoms with Crippen LogP contribution in [0.1, 0.15) is 25.5 Å². The Kier molecular flexibility index (Phi) is 4.35. The van der Waals surface area contributed by atoms with Gasteiger partial charge in [0.25, 0.3) is 0 Å². The first-order valence-electron chi connectivity index (χ1n) is 6.54. The van der Waals surface area contributed by atoms with Crippen LogP contribution in [0.15, 0.2) is 42.5 Å². The zero-order valence-electron chi connectivity index (χ0n) is 11.5. The van der Waals surface area contributed by atoms with Crippen LogP contribution in [0.25, 0.3) is 0 Å². The molecule has 106 valence electrons. The molecule has 0 spiro atoms. The molecule has 2 nitrogen and oxygen atoms in total. The Morgan fingerprint density at radius 2 is 1.75 bits per heavy atom. The minimum absolute atomic E-state index is 0.330. The molecule has 2 aromatic carbocycles. The lowest BCUT2D eigenvalue weighted by molar-refractivity contribution is 0.199. The highest BCUT2D eigenvalue weighted by molar-refractivity contribution is 5.67. The Bertz CT molecular complexity index is 582. The van der Waals surface area contributed by atoms with E-state index in [9.17, 15) is 13.9 Å². The molecule has 0 saturated carbocycles. The van der Waals surface area contributed by atoms with Crippen molar-refractivity contribution in [3.05, 3.63) is 59.7 Å². The summed E-state index contributed by atoms with van der Waals surface area (Å²) in [7, 11) is 0. The summed E-state index contributed by atoms with van der Waals surface area (Å²) in [6.45, 7) is 3.98. The minimum Gasteiger partial charge on any atom is -0.389 e. The maximum absolute atomic E-state index is 14.2. The van der Waals surface area contributed by atoms with Crippen LogP contribution in [0, 0.1) is 11.6 Å². The van der Waals surface area contributed by atoms with Gasteiger partial charge in [-0.25, -0.2) is 8.78 Å². The number of hydrogen-bond donors (Lipinski definition) is 1. The molecular formula is C16H17F2NO. The van der Waals surface area contributed by atoms with Crippen molar-refractivity contribution >= 4 is 11.4 Å². The van der Waals surface area contributed by atoms with Gasteiger partial charge in [-0.15, -0.1) is 0 Å². The van der Waals surface area contributed by atoms with Gasteiger partial charge in [-0.3, -0.25) is 0 Å². The standard InChI is InChI=1S/C16H17F2NO/c1-3-19(13-9-7-12(17)8-10-13)16-14(11(2)20)5-4-6-15(16)18/h4-11,20H,3H2,1-2H3/t11-/m1/s1. The van der Waals surface area contributed by atoms with Crippen molar-refractivity contribution in [3.8, 4) is 0 Å². The number of anilines is 2. The van der Waals surface area contributed by atoms with E-state index in [-0.39, 0.29) is 5.82 Å². The SMILES string of the molecule is CCN(c1ccc(F)cc1)c1c(F)cccc1[C@@H](C)O. The number of halogens is 2. The Hall–Kier alpha value is -1.94. The Morgan fingerprint density at radius 3 is 2.30 bits per heavy atom. The molecule has 0 radical (unpaired) electrons. The molecule has 0 aliphatic carbocycles. The van der Waals surface area contributed by atoms with Gasteiger partial charge < -0.3 is 10.0 Å². The summed E-state index contributed by atoms with van der Waals surface area (Å²) in [5.41, 5.74) is 1.52. The predicted octanol–water partition coefficient (Wildman–Crippen LogP) is 4.18. The monoisotopic (exact) mass is 277 g/mol. The zero-order valence-corrected chi connectivity index (χ0v) is 11.5. The van der Waals surface area contributed by atoms with E-state index in [1.165, 1.54) is 18.2 Å². The quantitative estimate of drug-likeness (QED) is 0.906. The third kappa shape index (κ3) is 2.80. The van der Waals surface area contributed by atoms with Crippen molar-refractivity contribution in [2.24, 2.45) is 0 Å². The molecule has 20 heavy (non-hydrogen) atoms. The highest BCUT2D eigenvalue weighted by atomic mass is 19.1. The Labute approximate surface area is 117 Å². The van der Waals surface area contributed by atoms with E-state index < -0.39 is 11.9 Å². The van der Waals surface area contributed by atoms with Crippen molar-refractivity contribution in [1.82, 2.24) is 0 Å². The summed E-state index contributed by atoms with van der Waals surface area (Å²) in [5.74, 6) is -0.747. The van der Waals surface area contributed by atoms with Gasteiger partial charge in [0.05, 0.1) is 11.8 Å². The van der Waals surface area contributed by atoms with Crippen LogP contribution in [0.4, 0.5) is 20.2 Å². The van der Waals surface area contributed by atoms with E-state index in [1.54, 1.807) is 36.1 Å². The molecule has 2 rings (SSSR count). The zero-order chi connectivity index (χ0) is 14.7. The van der Waals surface area contributed by atoms with Crippen LogP contribution in [0.3, 0.4) is 0 Å². The van der Waals surface area contributed by atoms with Crippen LogP contribution in [-0.2, 0) is 0 Å². The molecular weight excluding hydrogens is 260 g/mol. The van der Waals surface area contributed by atoms with Crippen molar-refractivity contribution in [1.29, 1.82) is 0 Å². The van der Waals surface area contributed by atoms with E-state index in [1.807, 2.05) is 6.92 Å². The van der Waals surface area contributed by atoms with Gasteiger partial charge in [0.15, 0.2) is 0 Å². The lowest BCUT2D eigenvalue weighted by Crippen LogP contribution is -2.20. The first-order chi connectivity index (χ1) is 9.54. The first-order valence-corrected chi connectivity index (χ1v) is 6.54. The number of aliphatic hydroxyl groups is 1. The van der Waals surface area contributed by atoms with E-state index >= 15 is 0 Å². The maximum Gasteiger partial charge on any atom is 0.147 e. The van der Waals surface area contributed by atoms with Crippen molar-refractivity contribution in [2.75, 3.05) is 11.4 Å². The lowest BCUT2D eigenvalue weighted by atomic mass is 10.1. The van der Waals surface area contributed by atoms with E-state index in [2.05, 4.69) is 0 Å². The van der Waals surface area contributed by atoms with E-state index in [0.29, 0.717) is 23.5 Å². The molecule has 0 unspecified atom stereocenters. The van der Waals surface area contributed by atoms with Gasteiger partial charge in [0.1, 0.15) is 11.6 Å². The predicted molar refractivity (Wildman–Crippen MR) is 76.1 cm³/mol. The molecule has 2 aromatic rings. The van der Waals surface area contributed by atoms with Gasteiger partial charge in [-0.1, -0.05) is 12.1 Å². The molecule has 0 heterocycles. The van der Waals surface area contributed by atoms with Gasteiger partial charge in [-0.2, -0.15) is 0 Å². The number of para-hydroxylation sites is 1. The molecule has 0 fully saturated rings. The summed E-state index contributed by atoms with van der Waals surface area (Å²) in [5, 5.41) is 9.81. The minimum atomic E-state index is -0.782. The first kappa shape index (κ1) is 14.5. The van der Waals surface area contributed by atoms with Crippen molar-refractivity contribution < 1.29 is 13.9 Å². The third-order valence-electron chi connectivity index (χ3n) is 3.19. The number of rotatable bonds is 4. The number of benzene rings is 2.